The Morgan fingerprint density at radius 2 is 2.03 bits per heavy atom. The molecule has 1 unspecified atom stereocenters. The maximum Gasteiger partial charge on any atom is 0.264 e. The second-order valence-electron chi connectivity index (χ2n) is 8.72. The number of amides is 1. The number of nitriles is 1. The molecule has 2 aromatic rings. The third kappa shape index (κ3) is 4.07. The molecule has 6 nitrogen and oxygen atoms in total. The van der Waals surface area contributed by atoms with Crippen molar-refractivity contribution in [2.24, 2.45) is 0 Å². The summed E-state index contributed by atoms with van der Waals surface area (Å²) >= 11 is 0. The number of nitrogens with zero attached hydrogens (tertiary/aromatic N) is 4. The lowest BCUT2D eigenvalue weighted by molar-refractivity contribution is -0.127. The van der Waals surface area contributed by atoms with Gasteiger partial charge in [-0.25, -0.2) is 4.98 Å². The summed E-state index contributed by atoms with van der Waals surface area (Å²) in [5.41, 5.74) is 3.58. The van der Waals surface area contributed by atoms with E-state index >= 15 is 0 Å². The Hall–Kier alpha value is -2.81. The maximum atomic E-state index is 13.2. The molecular formula is C24H31N5O. The first-order chi connectivity index (χ1) is 14.6. The number of aromatic nitrogens is 3. The van der Waals surface area contributed by atoms with E-state index < -0.39 is 0 Å². The highest BCUT2D eigenvalue weighted by molar-refractivity contribution is 6.01. The van der Waals surface area contributed by atoms with Crippen LogP contribution in [0, 0.1) is 25.2 Å². The molecule has 0 radical (unpaired) electrons. The van der Waals surface area contributed by atoms with Crippen LogP contribution in [0.15, 0.2) is 24.0 Å². The van der Waals surface area contributed by atoms with Crippen LogP contribution in [0.4, 0.5) is 0 Å². The number of rotatable bonds is 4. The molecule has 1 atom stereocenters. The Balaban J connectivity index is 1.55. The SMILES string of the molecule is Cc1cc(/C=C(/C#N)C(=O)N2CCCC(c3ncc[nH]3)C2)c(C)n1C1CCCCC1. The van der Waals surface area contributed by atoms with E-state index in [1.54, 1.807) is 12.3 Å². The van der Waals surface area contributed by atoms with Crippen LogP contribution in [-0.4, -0.2) is 38.4 Å². The first kappa shape index (κ1) is 20.5. The predicted octanol–water partition coefficient (Wildman–Crippen LogP) is 4.65. The summed E-state index contributed by atoms with van der Waals surface area (Å²) in [5, 5.41) is 9.76. The molecule has 2 fully saturated rings. The van der Waals surface area contributed by atoms with Gasteiger partial charge in [-0.15, -0.1) is 0 Å². The van der Waals surface area contributed by atoms with E-state index in [0.717, 1.165) is 29.9 Å². The number of H-pyrrole nitrogens is 1. The standard InChI is InChI=1S/C24H31N5O/c1-17-13-20(18(2)29(17)22-8-4-3-5-9-22)14-21(15-25)24(30)28-12-6-7-19(16-28)23-26-10-11-27-23/h10-11,13-14,19,22H,3-9,12,16H2,1-2H3,(H,26,27)/b21-14-. The average molecular weight is 406 g/mol. The Morgan fingerprint density at radius 1 is 1.23 bits per heavy atom. The zero-order chi connectivity index (χ0) is 21.1. The van der Waals surface area contributed by atoms with Crippen molar-refractivity contribution in [2.45, 2.75) is 70.8 Å². The molecule has 3 heterocycles. The number of aryl methyl sites for hydroxylation is 1. The number of hydrogen-bond acceptors (Lipinski definition) is 3. The van der Waals surface area contributed by atoms with Gasteiger partial charge in [0.25, 0.3) is 5.91 Å². The largest absolute Gasteiger partial charge is 0.348 e. The molecule has 1 aliphatic heterocycles. The van der Waals surface area contributed by atoms with Crippen molar-refractivity contribution in [3.8, 4) is 6.07 Å². The third-order valence-electron chi connectivity index (χ3n) is 6.73. The van der Waals surface area contributed by atoms with E-state index in [1.807, 2.05) is 11.1 Å². The highest BCUT2D eigenvalue weighted by Crippen LogP contribution is 2.33. The lowest BCUT2D eigenvalue weighted by Gasteiger charge is -2.31. The Kier molecular flexibility index (Phi) is 6.08. The number of carbonyl (C=O) groups is 1. The molecule has 0 spiro atoms. The van der Waals surface area contributed by atoms with Crippen molar-refractivity contribution >= 4 is 12.0 Å². The fraction of sp³-hybridized carbons (Fsp3) is 0.542. The Bertz CT molecular complexity index is 957. The maximum absolute atomic E-state index is 13.2. The highest BCUT2D eigenvalue weighted by atomic mass is 16.2. The van der Waals surface area contributed by atoms with Gasteiger partial charge in [0.15, 0.2) is 0 Å². The molecule has 0 bridgehead atoms. The molecular weight excluding hydrogens is 374 g/mol. The number of hydrogen-bond donors (Lipinski definition) is 1. The predicted molar refractivity (Wildman–Crippen MR) is 117 cm³/mol. The number of likely N-dealkylation sites (tertiary alicyclic amines) is 1. The molecule has 1 aliphatic carbocycles. The van der Waals surface area contributed by atoms with Gasteiger partial charge in [0, 0.05) is 48.8 Å². The molecule has 1 saturated heterocycles. The van der Waals surface area contributed by atoms with Crippen LogP contribution in [-0.2, 0) is 4.79 Å². The summed E-state index contributed by atoms with van der Waals surface area (Å²) in [6.45, 7) is 5.54. The lowest BCUT2D eigenvalue weighted by Crippen LogP contribution is -2.40. The number of aromatic amines is 1. The van der Waals surface area contributed by atoms with Crippen LogP contribution < -0.4 is 0 Å². The van der Waals surface area contributed by atoms with Crippen LogP contribution in [0.1, 0.15) is 79.7 Å². The van der Waals surface area contributed by atoms with Gasteiger partial charge in [-0.3, -0.25) is 4.79 Å². The normalized spacial score (nSPS) is 20.9. The lowest BCUT2D eigenvalue weighted by atomic mass is 9.95. The molecule has 0 aromatic carbocycles. The fourth-order valence-corrected chi connectivity index (χ4v) is 5.20. The minimum absolute atomic E-state index is 0.170. The molecule has 1 amide bonds. The van der Waals surface area contributed by atoms with Crippen molar-refractivity contribution < 1.29 is 4.79 Å². The first-order valence-corrected chi connectivity index (χ1v) is 11.2. The highest BCUT2D eigenvalue weighted by Gasteiger charge is 2.28. The molecule has 2 aromatic heterocycles. The first-order valence-electron chi connectivity index (χ1n) is 11.2. The summed E-state index contributed by atoms with van der Waals surface area (Å²) < 4.78 is 2.41. The molecule has 1 N–H and O–H groups in total. The smallest absolute Gasteiger partial charge is 0.264 e. The summed E-state index contributed by atoms with van der Waals surface area (Å²) in [6.07, 6.45) is 13.6. The summed E-state index contributed by atoms with van der Waals surface area (Å²) in [5.74, 6) is 0.955. The molecule has 1 saturated carbocycles. The van der Waals surface area contributed by atoms with E-state index in [4.69, 9.17) is 0 Å². The van der Waals surface area contributed by atoms with Crippen molar-refractivity contribution in [1.29, 1.82) is 5.26 Å². The molecule has 30 heavy (non-hydrogen) atoms. The second-order valence-corrected chi connectivity index (χ2v) is 8.72. The quantitative estimate of drug-likeness (QED) is 0.594. The molecule has 6 heteroatoms. The molecule has 2 aliphatic rings. The number of piperidine rings is 1. The topological polar surface area (TPSA) is 77.7 Å². The summed E-state index contributed by atoms with van der Waals surface area (Å²) in [6, 6.07) is 4.83. The van der Waals surface area contributed by atoms with E-state index in [9.17, 15) is 10.1 Å². The van der Waals surface area contributed by atoms with Gasteiger partial charge in [-0.2, -0.15) is 5.26 Å². The van der Waals surface area contributed by atoms with Crippen molar-refractivity contribution in [1.82, 2.24) is 19.4 Å². The Morgan fingerprint density at radius 3 is 2.73 bits per heavy atom. The number of carbonyl (C=O) groups excluding carboxylic acids is 1. The van der Waals surface area contributed by atoms with Crippen LogP contribution >= 0.6 is 0 Å². The van der Waals surface area contributed by atoms with Gasteiger partial charge < -0.3 is 14.5 Å². The van der Waals surface area contributed by atoms with Crippen molar-refractivity contribution in [3.05, 3.63) is 46.8 Å². The third-order valence-corrected chi connectivity index (χ3v) is 6.73. The van der Waals surface area contributed by atoms with Crippen LogP contribution in [0.5, 0.6) is 0 Å². The van der Waals surface area contributed by atoms with Crippen molar-refractivity contribution in [3.63, 3.8) is 0 Å². The summed E-state index contributed by atoms with van der Waals surface area (Å²) in [4.78, 5) is 22.5. The fourth-order valence-electron chi connectivity index (χ4n) is 5.20. The Labute approximate surface area is 178 Å². The van der Waals surface area contributed by atoms with E-state index in [1.165, 1.54) is 37.8 Å². The van der Waals surface area contributed by atoms with Gasteiger partial charge in [0.2, 0.25) is 0 Å². The van der Waals surface area contributed by atoms with E-state index in [-0.39, 0.29) is 17.4 Å². The van der Waals surface area contributed by atoms with Gasteiger partial charge >= 0.3 is 0 Å². The van der Waals surface area contributed by atoms with E-state index in [2.05, 4.69) is 40.5 Å². The number of imidazole rings is 1. The van der Waals surface area contributed by atoms with Gasteiger partial charge in [-0.05, 0) is 57.2 Å². The zero-order valence-electron chi connectivity index (χ0n) is 18.0. The van der Waals surface area contributed by atoms with Gasteiger partial charge in [0.1, 0.15) is 17.5 Å². The number of nitrogens with one attached hydrogen (secondary N) is 1. The monoisotopic (exact) mass is 405 g/mol. The minimum atomic E-state index is -0.170. The minimum Gasteiger partial charge on any atom is -0.348 e. The van der Waals surface area contributed by atoms with Gasteiger partial charge in [-0.1, -0.05) is 19.3 Å². The van der Waals surface area contributed by atoms with Gasteiger partial charge in [0.05, 0.1) is 0 Å². The summed E-state index contributed by atoms with van der Waals surface area (Å²) in [7, 11) is 0. The van der Waals surface area contributed by atoms with E-state index in [0.29, 0.717) is 19.1 Å². The molecule has 4 rings (SSSR count). The average Bonchev–Trinajstić information content (AvgIpc) is 3.40. The van der Waals surface area contributed by atoms with Crippen LogP contribution in [0.25, 0.3) is 6.08 Å². The van der Waals surface area contributed by atoms with Crippen LogP contribution in [0.2, 0.25) is 0 Å². The second kappa shape index (κ2) is 8.91. The van der Waals surface area contributed by atoms with Crippen LogP contribution in [0.3, 0.4) is 0 Å². The van der Waals surface area contributed by atoms with Crippen molar-refractivity contribution in [2.75, 3.05) is 13.1 Å². The zero-order valence-corrected chi connectivity index (χ0v) is 18.0. The molecule has 158 valence electrons.